The summed E-state index contributed by atoms with van der Waals surface area (Å²) >= 11 is 0. The highest BCUT2D eigenvalue weighted by Gasteiger charge is 2.22. The third kappa shape index (κ3) is 3.14. The molecule has 0 radical (unpaired) electrons. The van der Waals surface area contributed by atoms with Crippen molar-refractivity contribution in [1.29, 1.82) is 0 Å². The van der Waals surface area contributed by atoms with Crippen molar-refractivity contribution >= 4 is 21.6 Å². The first-order valence-corrected chi connectivity index (χ1v) is 7.32. The van der Waals surface area contributed by atoms with Crippen LogP contribution in [-0.4, -0.2) is 13.3 Å². The maximum Gasteiger partial charge on any atom is 0.276 e. The van der Waals surface area contributed by atoms with Gasteiger partial charge in [0.05, 0.1) is 15.4 Å². The number of para-hydroxylation sites is 1. The molecular weight excluding hydrogens is 297 g/mol. The standard InChI is InChI=1S/C14H10FNO4S/c15-14(21(19,20)12-7-2-1-3-8-12)10-11-6-4-5-9-13(11)16(17)18/h1-10H/b14-10+. The van der Waals surface area contributed by atoms with Crippen molar-refractivity contribution in [3.05, 3.63) is 75.4 Å². The number of nitrogens with zero attached hydrogens (tertiary/aromatic N) is 1. The Balaban J connectivity index is 2.50. The summed E-state index contributed by atoms with van der Waals surface area (Å²) in [6.07, 6.45) is 0.653. The fourth-order valence-corrected chi connectivity index (χ4v) is 2.71. The molecule has 2 aromatic carbocycles. The van der Waals surface area contributed by atoms with E-state index in [4.69, 9.17) is 0 Å². The van der Waals surface area contributed by atoms with E-state index in [1.54, 1.807) is 6.07 Å². The van der Waals surface area contributed by atoms with Crippen molar-refractivity contribution in [1.82, 2.24) is 0 Å². The van der Waals surface area contributed by atoms with Gasteiger partial charge >= 0.3 is 0 Å². The molecule has 0 saturated heterocycles. The van der Waals surface area contributed by atoms with Gasteiger partial charge < -0.3 is 0 Å². The van der Waals surface area contributed by atoms with Crippen LogP contribution in [0.3, 0.4) is 0 Å². The Morgan fingerprint density at radius 1 is 1.05 bits per heavy atom. The van der Waals surface area contributed by atoms with E-state index in [0.717, 1.165) is 0 Å². The zero-order chi connectivity index (χ0) is 15.5. The fraction of sp³-hybridized carbons (Fsp3) is 0. The van der Waals surface area contributed by atoms with E-state index in [9.17, 15) is 22.9 Å². The molecular formula is C14H10FNO4S. The minimum Gasteiger partial charge on any atom is -0.258 e. The molecule has 2 aromatic rings. The van der Waals surface area contributed by atoms with Crippen molar-refractivity contribution in [2.75, 3.05) is 0 Å². The molecule has 0 aliphatic heterocycles. The van der Waals surface area contributed by atoms with Crippen molar-refractivity contribution in [3.63, 3.8) is 0 Å². The van der Waals surface area contributed by atoms with Crippen LogP contribution in [0.25, 0.3) is 6.08 Å². The van der Waals surface area contributed by atoms with Crippen molar-refractivity contribution in [2.24, 2.45) is 0 Å². The van der Waals surface area contributed by atoms with E-state index in [1.807, 2.05) is 0 Å². The zero-order valence-electron chi connectivity index (χ0n) is 10.6. The van der Waals surface area contributed by atoms with Crippen LogP contribution in [0.1, 0.15) is 5.56 Å². The van der Waals surface area contributed by atoms with Gasteiger partial charge in [-0.3, -0.25) is 10.1 Å². The Morgan fingerprint density at radius 2 is 1.62 bits per heavy atom. The van der Waals surface area contributed by atoms with Crippen LogP contribution in [-0.2, 0) is 9.84 Å². The minimum atomic E-state index is -4.31. The number of hydrogen-bond donors (Lipinski definition) is 0. The number of sulfone groups is 1. The number of hydrogen-bond acceptors (Lipinski definition) is 4. The average Bonchev–Trinajstić information content (AvgIpc) is 2.48. The highest BCUT2D eigenvalue weighted by Crippen LogP contribution is 2.26. The maximum atomic E-state index is 14.0. The molecule has 7 heteroatoms. The summed E-state index contributed by atoms with van der Waals surface area (Å²) in [5.41, 5.74) is -0.476. The Kier molecular flexibility index (Phi) is 4.13. The highest BCUT2D eigenvalue weighted by molar-refractivity contribution is 7.95. The van der Waals surface area contributed by atoms with E-state index in [-0.39, 0.29) is 16.1 Å². The lowest BCUT2D eigenvalue weighted by atomic mass is 10.2. The van der Waals surface area contributed by atoms with Gasteiger partial charge in [-0.15, -0.1) is 0 Å². The molecule has 0 aliphatic rings. The van der Waals surface area contributed by atoms with E-state index in [2.05, 4.69) is 0 Å². The maximum absolute atomic E-state index is 14.0. The van der Waals surface area contributed by atoms with Crippen LogP contribution < -0.4 is 0 Å². The first-order chi connectivity index (χ1) is 9.93. The summed E-state index contributed by atoms with van der Waals surface area (Å²) in [6, 6.07) is 12.4. The van der Waals surface area contributed by atoms with Crippen molar-refractivity contribution in [2.45, 2.75) is 4.90 Å². The minimum absolute atomic E-state index is 0.112. The summed E-state index contributed by atoms with van der Waals surface area (Å²) in [6.45, 7) is 0. The van der Waals surface area contributed by atoms with Crippen molar-refractivity contribution < 1.29 is 17.7 Å². The summed E-state index contributed by atoms with van der Waals surface area (Å²) in [7, 11) is -4.31. The summed E-state index contributed by atoms with van der Waals surface area (Å²) in [5.74, 6) is 0. The third-order valence-electron chi connectivity index (χ3n) is 2.71. The van der Waals surface area contributed by atoms with Gasteiger partial charge in [-0.25, -0.2) is 8.42 Å². The van der Waals surface area contributed by atoms with Crippen molar-refractivity contribution in [3.8, 4) is 0 Å². The molecule has 2 rings (SSSR count). The van der Waals surface area contributed by atoms with Gasteiger partial charge in [-0.2, -0.15) is 4.39 Å². The van der Waals surface area contributed by atoms with Gasteiger partial charge in [-0.05, 0) is 18.2 Å². The molecule has 0 spiro atoms. The molecule has 0 N–H and O–H groups in total. The first kappa shape index (κ1) is 14.9. The molecule has 0 amide bonds. The van der Waals surface area contributed by atoms with Gasteiger partial charge in [0.25, 0.3) is 5.69 Å². The van der Waals surface area contributed by atoms with Crippen LogP contribution in [0, 0.1) is 10.1 Å². The lowest BCUT2D eigenvalue weighted by Crippen LogP contribution is -2.01. The smallest absolute Gasteiger partial charge is 0.258 e. The van der Waals surface area contributed by atoms with Crippen LogP contribution >= 0.6 is 0 Å². The Bertz CT molecular complexity index is 801. The van der Waals surface area contributed by atoms with Crippen LogP contribution in [0.4, 0.5) is 10.1 Å². The van der Waals surface area contributed by atoms with Gasteiger partial charge in [0.15, 0.2) is 0 Å². The van der Waals surface area contributed by atoms with Gasteiger partial charge in [0.1, 0.15) is 0 Å². The second-order valence-corrected chi connectivity index (χ2v) is 5.95. The highest BCUT2D eigenvalue weighted by atomic mass is 32.2. The normalized spacial score (nSPS) is 12.1. The van der Waals surface area contributed by atoms with E-state index < -0.39 is 19.9 Å². The molecule has 0 atom stereocenters. The number of rotatable bonds is 4. The summed E-state index contributed by atoms with van der Waals surface area (Å²) in [4.78, 5) is 9.92. The van der Waals surface area contributed by atoms with Crippen LogP contribution in [0.15, 0.2) is 64.7 Å². The zero-order valence-corrected chi connectivity index (χ0v) is 11.5. The Hall–Kier alpha value is -2.54. The third-order valence-corrected chi connectivity index (χ3v) is 4.24. The summed E-state index contributed by atoms with van der Waals surface area (Å²) < 4.78 is 38.1. The molecule has 5 nitrogen and oxygen atoms in total. The molecule has 0 saturated carbocycles. The predicted octanol–water partition coefficient (Wildman–Crippen LogP) is 3.34. The van der Waals surface area contributed by atoms with Gasteiger partial charge in [-0.1, -0.05) is 30.3 Å². The molecule has 0 bridgehead atoms. The van der Waals surface area contributed by atoms with E-state index in [0.29, 0.717) is 6.08 Å². The fourth-order valence-electron chi connectivity index (χ4n) is 1.69. The Labute approximate surface area is 120 Å². The summed E-state index contributed by atoms with van der Waals surface area (Å²) in [5, 5.41) is 9.39. The topological polar surface area (TPSA) is 77.3 Å². The largest absolute Gasteiger partial charge is 0.276 e. The lowest BCUT2D eigenvalue weighted by Gasteiger charge is -2.02. The Morgan fingerprint density at radius 3 is 2.24 bits per heavy atom. The number of nitro benzene ring substituents is 1. The first-order valence-electron chi connectivity index (χ1n) is 5.83. The quantitative estimate of drug-likeness (QED) is 0.641. The predicted molar refractivity (Wildman–Crippen MR) is 75.8 cm³/mol. The molecule has 0 aliphatic carbocycles. The monoisotopic (exact) mass is 307 g/mol. The van der Waals surface area contributed by atoms with E-state index in [1.165, 1.54) is 48.5 Å². The molecule has 0 unspecified atom stereocenters. The number of benzene rings is 2. The SMILES string of the molecule is O=[N+]([O-])c1ccccc1/C=C(\F)S(=O)(=O)c1ccccc1. The molecule has 0 aromatic heterocycles. The lowest BCUT2D eigenvalue weighted by molar-refractivity contribution is -0.385. The molecule has 21 heavy (non-hydrogen) atoms. The molecule has 0 fully saturated rings. The van der Waals surface area contributed by atoms with Gasteiger partial charge in [0, 0.05) is 12.1 Å². The number of nitro groups is 1. The van der Waals surface area contributed by atoms with Crippen LogP contribution in [0.2, 0.25) is 0 Å². The van der Waals surface area contributed by atoms with E-state index >= 15 is 0 Å². The van der Waals surface area contributed by atoms with Gasteiger partial charge in [0.2, 0.25) is 15.0 Å². The van der Waals surface area contributed by atoms with Crippen LogP contribution in [0.5, 0.6) is 0 Å². The average molecular weight is 307 g/mol. The molecule has 0 heterocycles. The second kappa shape index (κ2) is 5.84. The second-order valence-electron chi connectivity index (χ2n) is 4.08. The molecule has 108 valence electrons. The number of halogens is 1.